The molecule has 5 heteroatoms. The molecule has 5 atom stereocenters. The van der Waals surface area contributed by atoms with E-state index in [-0.39, 0.29) is 34.4 Å². The Morgan fingerprint density at radius 3 is 2.75 bits per heavy atom. The molecule has 0 radical (unpaired) electrons. The van der Waals surface area contributed by atoms with E-state index in [1.54, 1.807) is 0 Å². The third-order valence-electron chi connectivity index (χ3n) is 8.95. The smallest absolute Gasteiger partial charge is 0.253 e. The summed E-state index contributed by atoms with van der Waals surface area (Å²) in [6.07, 6.45) is 4.45. The molecule has 28 heavy (non-hydrogen) atoms. The summed E-state index contributed by atoms with van der Waals surface area (Å²) in [6.45, 7) is 9.62. The van der Waals surface area contributed by atoms with Crippen molar-refractivity contribution in [1.29, 1.82) is 0 Å². The molecule has 0 saturated heterocycles. The van der Waals surface area contributed by atoms with Crippen molar-refractivity contribution in [2.24, 2.45) is 22.7 Å². The molecule has 1 aromatic rings. The second-order valence-electron chi connectivity index (χ2n) is 10.4. The molecule has 4 nitrogen and oxygen atoms in total. The fourth-order valence-electron chi connectivity index (χ4n) is 6.98. The summed E-state index contributed by atoms with van der Waals surface area (Å²) in [7, 11) is 0. The fourth-order valence-corrected chi connectivity index (χ4v) is 7.32. The van der Waals surface area contributed by atoms with Crippen LogP contribution in [0.1, 0.15) is 74.9 Å². The van der Waals surface area contributed by atoms with Gasteiger partial charge in [0.1, 0.15) is 11.4 Å². The number of hydrogen-bond donors (Lipinski definition) is 2. The minimum Gasteiger partial charge on any atom is -0.486 e. The first-order valence-corrected chi connectivity index (χ1v) is 11.0. The van der Waals surface area contributed by atoms with Crippen LogP contribution in [-0.2, 0) is 13.0 Å². The molecule has 1 unspecified atom stereocenters. The first kappa shape index (κ1) is 18.7. The van der Waals surface area contributed by atoms with E-state index in [0.29, 0.717) is 23.0 Å². The molecule has 1 amide bonds. The predicted molar refractivity (Wildman–Crippen MR) is 109 cm³/mol. The zero-order valence-electron chi connectivity index (χ0n) is 17.2. The van der Waals surface area contributed by atoms with E-state index in [2.05, 4.69) is 33.0 Å². The summed E-state index contributed by atoms with van der Waals surface area (Å²) < 4.78 is 7.07. The standard InChI is InChI=1S/C23H30ClNO3/c1-12-5-6-16-21(2,3)17(26)7-8-23(16)22(12,4)10-13-9-15(24)18-14(19(13)28-23)11-25-20(18)27/h9,12,16-17,26H,5-8,10-11H2,1-4H3,(H,25,27)/t12-,16-,17?,22+,23-/m0/s1. The lowest BCUT2D eigenvalue weighted by Crippen LogP contribution is -2.70. The van der Waals surface area contributed by atoms with Crippen molar-refractivity contribution < 1.29 is 14.6 Å². The van der Waals surface area contributed by atoms with Gasteiger partial charge >= 0.3 is 0 Å². The van der Waals surface area contributed by atoms with E-state index in [9.17, 15) is 9.90 Å². The Morgan fingerprint density at radius 1 is 1.25 bits per heavy atom. The van der Waals surface area contributed by atoms with Crippen LogP contribution in [0.2, 0.25) is 5.02 Å². The maximum atomic E-state index is 12.3. The molecule has 2 saturated carbocycles. The van der Waals surface area contributed by atoms with Crippen LogP contribution < -0.4 is 10.1 Å². The highest BCUT2D eigenvalue weighted by Gasteiger charge is 2.67. The van der Waals surface area contributed by atoms with Crippen molar-refractivity contribution in [3.63, 3.8) is 0 Å². The Kier molecular flexibility index (Phi) is 3.79. The highest BCUT2D eigenvalue weighted by Crippen LogP contribution is 2.66. The number of benzene rings is 1. The number of aliphatic hydroxyl groups is 1. The zero-order chi connectivity index (χ0) is 20.1. The molecule has 2 fully saturated rings. The van der Waals surface area contributed by atoms with Gasteiger partial charge in [-0.1, -0.05) is 39.3 Å². The first-order chi connectivity index (χ1) is 13.1. The third kappa shape index (κ3) is 2.09. The van der Waals surface area contributed by atoms with Gasteiger partial charge in [-0.15, -0.1) is 0 Å². The lowest BCUT2D eigenvalue weighted by molar-refractivity contribution is -0.233. The summed E-state index contributed by atoms with van der Waals surface area (Å²) >= 11 is 6.51. The molecule has 0 aromatic heterocycles. The average molecular weight is 404 g/mol. The van der Waals surface area contributed by atoms with Crippen LogP contribution in [-0.4, -0.2) is 22.7 Å². The largest absolute Gasteiger partial charge is 0.486 e. The lowest BCUT2D eigenvalue weighted by atomic mass is 9.43. The molecule has 2 aliphatic carbocycles. The van der Waals surface area contributed by atoms with Crippen molar-refractivity contribution >= 4 is 17.5 Å². The number of amides is 1. The van der Waals surface area contributed by atoms with Gasteiger partial charge < -0.3 is 15.2 Å². The quantitative estimate of drug-likeness (QED) is 0.670. The number of halogens is 1. The summed E-state index contributed by atoms with van der Waals surface area (Å²) in [5.41, 5.74) is 2.10. The molecule has 1 spiro atoms. The van der Waals surface area contributed by atoms with Gasteiger partial charge in [0.05, 0.1) is 16.7 Å². The molecule has 0 bridgehead atoms. The van der Waals surface area contributed by atoms with Gasteiger partial charge in [0.25, 0.3) is 5.91 Å². The van der Waals surface area contributed by atoms with Crippen LogP contribution in [0.5, 0.6) is 5.75 Å². The van der Waals surface area contributed by atoms with Gasteiger partial charge in [-0.05, 0) is 55.1 Å². The number of nitrogens with one attached hydrogen (secondary N) is 1. The number of carbonyl (C=O) groups is 1. The van der Waals surface area contributed by atoms with E-state index in [1.165, 1.54) is 0 Å². The van der Waals surface area contributed by atoms with Crippen molar-refractivity contribution in [1.82, 2.24) is 5.32 Å². The van der Waals surface area contributed by atoms with Crippen molar-refractivity contribution in [3.8, 4) is 5.75 Å². The van der Waals surface area contributed by atoms with Crippen molar-refractivity contribution in [3.05, 3.63) is 27.8 Å². The van der Waals surface area contributed by atoms with Gasteiger partial charge in [0.15, 0.2) is 0 Å². The van der Waals surface area contributed by atoms with E-state index >= 15 is 0 Å². The zero-order valence-corrected chi connectivity index (χ0v) is 17.9. The molecular formula is C23H30ClNO3. The average Bonchev–Trinajstić information content (AvgIpc) is 3.01. The Hall–Kier alpha value is -1.26. The third-order valence-corrected chi connectivity index (χ3v) is 9.25. The molecule has 2 heterocycles. The second-order valence-corrected chi connectivity index (χ2v) is 10.8. The summed E-state index contributed by atoms with van der Waals surface area (Å²) in [5, 5.41) is 14.3. The maximum Gasteiger partial charge on any atom is 0.253 e. The van der Waals surface area contributed by atoms with Crippen LogP contribution in [0.25, 0.3) is 0 Å². The summed E-state index contributed by atoms with van der Waals surface area (Å²) in [6, 6.07) is 1.96. The number of rotatable bonds is 0. The Bertz CT molecular complexity index is 881. The highest BCUT2D eigenvalue weighted by atomic mass is 35.5. The second kappa shape index (κ2) is 5.66. The normalized spacial score (nSPS) is 40.5. The van der Waals surface area contributed by atoms with Crippen molar-refractivity contribution in [2.45, 2.75) is 78.0 Å². The number of carbonyl (C=O) groups excluding carboxylic acids is 1. The maximum absolute atomic E-state index is 12.3. The Balaban J connectivity index is 1.72. The Morgan fingerprint density at radius 2 is 2.00 bits per heavy atom. The van der Waals surface area contributed by atoms with E-state index in [4.69, 9.17) is 16.3 Å². The topological polar surface area (TPSA) is 58.6 Å². The highest BCUT2D eigenvalue weighted by molar-refractivity contribution is 6.34. The summed E-state index contributed by atoms with van der Waals surface area (Å²) in [5.74, 6) is 1.58. The molecular weight excluding hydrogens is 374 g/mol. The fraction of sp³-hybridized carbons (Fsp3) is 0.696. The molecule has 1 aromatic carbocycles. The molecule has 5 rings (SSSR count). The molecule has 2 aliphatic heterocycles. The molecule has 4 aliphatic rings. The van der Waals surface area contributed by atoms with Crippen molar-refractivity contribution in [2.75, 3.05) is 0 Å². The van der Waals surface area contributed by atoms with E-state index in [1.807, 2.05) is 6.07 Å². The first-order valence-electron chi connectivity index (χ1n) is 10.6. The van der Waals surface area contributed by atoms with Gasteiger partial charge in [0, 0.05) is 23.4 Å². The van der Waals surface area contributed by atoms with Gasteiger partial charge in [-0.25, -0.2) is 0 Å². The number of ether oxygens (including phenoxy) is 1. The molecule has 152 valence electrons. The summed E-state index contributed by atoms with van der Waals surface area (Å²) in [4.78, 5) is 12.3. The monoisotopic (exact) mass is 403 g/mol. The predicted octanol–water partition coefficient (Wildman–Crippen LogP) is 4.49. The van der Waals surface area contributed by atoms with Crippen LogP contribution in [0.3, 0.4) is 0 Å². The minimum absolute atomic E-state index is 0.0199. The Labute approximate surface area is 172 Å². The van der Waals surface area contributed by atoms with Crippen LogP contribution in [0.15, 0.2) is 6.07 Å². The van der Waals surface area contributed by atoms with E-state index < -0.39 is 0 Å². The minimum atomic E-state index is -0.312. The number of hydrogen-bond acceptors (Lipinski definition) is 3. The SMILES string of the molecule is C[C@H]1CC[C@H]2C(C)(C)C(O)CC[C@]23Oc2c(cc(Cl)c4c2CNC4=O)C[C@]13C. The van der Waals surface area contributed by atoms with Crippen LogP contribution in [0.4, 0.5) is 0 Å². The van der Waals surface area contributed by atoms with E-state index in [0.717, 1.165) is 49.0 Å². The van der Waals surface area contributed by atoms with Gasteiger partial charge in [-0.2, -0.15) is 0 Å². The van der Waals surface area contributed by atoms with Crippen LogP contribution >= 0.6 is 11.6 Å². The number of fused-ring (bicyclic) bond motifs is 3. The van der Waals surface area contributed by atoms with Gasteiger partial charge in [0.2, 0.25) is 0 Å². The molecule has 2 N–H and O–H groups in total. The van der Waals surface area contributed by atoms with Crippen LogP contribution in [0, 0.1) is 22.7 Å². The number of aliphatic hydroxyl groups excluding tert-OH is 1. The lowest BCUT2D eigenvalue weighted by Gasteiger charge is -2.67. The van der Waals surface area contributed by atoms with Gasteiger partial charge in [-0.3, -0.25) is 4.79 Å².